The van der Waals surface area contributed by atoms with Gasteiger partial charge in [0.2, 0.25) is 0 Å². The summed E-state index contributed by atoms with van der Waals surface area (Å²) in [4.78, 5) is 23.3. The van der Waals surface area contributed by atoms with Gasteiger partial charge in [0.15, 0.2) is 0 Å². The number of carboxylic acids is 1. The Bertz CT molecular complexity index is 783. The molecule has 0 unspecified atom stereocenters. The Morgan fingerprint density at radius 1 is 1.04 bits per heavy atom. The van der Waals surface area contributed by atoms with E-state index in [1.807, 2.05) is 6.07 Å². The molecular formula is C18H16AsO5. The minimum atomic E-state index is -1.02. The number of methoxy groups -OCH3 is 2. The van der Waals surface area contributed by atoms with Crippen LogP contribution in [0.5, 0.6) is 11.5 Å². The van der Waals surface area contributed by atoms with Crippen LogP contribution < -0.4 is 13.8 Å². The quantitative estimate of drug-likeness (QED) is 0.581. The third kappa shape index (κ3) is 4.49. The van der Waals surface area contributed by atoms with Crippen LogP contribution in [0.1, 0.15) is 15.9 Å². The van der Waals surface area contributed by atoms with Gasteiger partial charge in [-0.05, 0) is 0 Å². The molecule has 0 aliphatic rings. The molecular weight excluding hydrogens is 371 g/mol. The van der Waals surface area contributed by atoms with Gasteiger partial charge in [-0.1, -0.05) is 0 Å². The topological polar surface area (TPSA) is 72.8 Å². The molecule has 2 rings (SSSR count). The number of hydrogen-bond donors (Lipinski definition) is 1. The molecule has 0 aliphatic carbocycles. The van der Waals surface area contributed by atoms with E-state index in [9.17, 15) is 9.59 Å². The fourth-order valence-corrected chi connectivity index (χ4v) is 3.79. The Hall–Kier alpha value is -2.52. The summed E-state index contributed by atoms with van der Waals surface area (Å²) in [6.45, 7) is 0. The zero-order chi connectivity index (χ0) is 17.5. The van der Waals surface area contributed by atoms with E-state index < -0.39 is 21.7 Å². The Labute approximate surface area is 146 Å². The van der Waals surface area contributed by atoms with Crippen LogP contribution in [-0.4, -0.2) is 45.6 Å². The minimum absolute atomic E-state index is 0.0882. The van der Waals surface area contributed by atoms with Gasteiger partial charge in [0.1, 0.15) is 0 Å². The van der Waals surface area contributed by atoms with Crippen molar-refractivity contribution in [2.24, 2.45) is 0 Å². The molecule has 123 valence electrons. The molecule has 0 atom stereocenters. The van der Waals surface area contributed by atoms with Gasteiger partial charge in [-0.3, -0.25) is 0 Å². The molecule has 2 aromatic carbocycles. The molecule has 6 heteroatoms. The maximum absolute atomic E-state index is 12.1. The van der Waals surface area contributed by atoms with E-state index in [0.29, 0.717) is 15.9 Å². The van der Waals surface area contributed by atoms with Gasteiger partial charge in [-0.25, -0.2) is 0 Å². The van der Waals surface area contributed by atoms with Crippen molar-refractivity contribution in [2.75, 3.05) is 14.2 Å². The first-order chi connectivity index (χ1) is 11.5. The van der Waals surface area contributed by atoms with Crippen LogP contribution in [0.4, 0.5) is 0 Å². The molecule has 0 spiro atoms. The van der Waals surface area contributed by atoms with Gasteiger partial charge < -0.3 is 0 Å². The number of carbonyl (C=O) groups excluding carboxylic acids is 1. The van der Waals surface area contributed by atoms with Crippen LogP contribution in [0.25, 0.3) is 6.08 Å². The number of benzene rings is 2. The average molecular weight is 387 g/mol. The van der Waals surface area contributed by atoms with Gasteiger partial charge in [-0.15, -0.1) is 0 Å². The van der Waals surface area contributed by atoms with E-state index in [4.69, 9.17) is 14.6 Å². The third-order valence-corrected chi connectivity index (χ3v) is 5.29. The predicted molar refractivity (Wildman–Crippen MR) is 92.4 cm³/mol. The summed E-state index contributed by atoms with van der Waals surface area (Å²) < 4.78 is 10.9. The van der Waals surface area contributed by atoms with E-state index in [0.717, 1.165) is 5.56 Å². The number of carboxylic acid groups (broad SMARTS) is 1. The van der Waals surface area contributed by atoms with Crippen LogP contribution in [-0.2, 0) is 4.79 Å². The van der Waals surface area contributed by atoms with Crippen molar-refractivity contribution in [3.8, 4) is 11.5 Å². The molecule has 0 saturated carbocycles. The Morgan fingerprint density at radius 2 is 1.75 bits per heavy atom. The van der Waals surface area contributed by atoms with Crippen molar-refractivity contribution in [1.82, 2.24) is 0 Å². The molecule has 0 fully saturated rings. The first-order valence-electron chi connectivity index (χ1n) is 7.03. The SMILES string of the molecule is COc1ccc(C=CC(=O)[As]c2ccccc2C(=O)O)cc1OC. The van der Waals surface area contributed by atoms with Crippen LogP contribution in [0.2, 0.25) is 0 Å². The molecule has 0 amide bonds. The molecule has 0 heterocycles. The first-order valence-corrected chi connectivity index (χ1v) is 8.91. The van der Waals surface area contributed by atoms with Crippen molar-refractivity contribution in [3.05, 3.63) is 59.7 Å². The number of carbonyl (C=O) groups is 2. The second-order valence-electron chi connectivity index (χ2n) is 4.72. The fraction of sp³-hybridized carbons (Fsp3) is 0.111. The molecule has 5 nitrogen and oxygen atoms in total. The molecule has 0 aliphatic heterocycles. The third-order valence-electron chi connectivity index (χ3n) is 3.19. The van der Waals surface area contributed by atoms with E-state index in [1.165, 1.54) is 12.1 Å². The molecule has 0 bridgehead atoms. The summed E-state index contributed by atoms with van der Waals surface area (Å²) in [6, 6.07) is 11.9. The zero-order valence-electron chi connectivity index (χ0n) is 13.2. The Kier molecular flexibility index (Phi) is 6.21. The van der Waals surface area contributed by atoms with Crippen molar-refractivity contribution in [1.29, 1.82) is 0 Å². The molecule has 2 aromatic rings. The number of aromatic carboxylic acids is 1. The summed E-state index contributed by atoms with van der Waals surface area (Å²) >= 11 is -0.910. The van der Waals surface area contributed by atoms with E-state index in [2.05, 4.69) is 0 Å². The second-order valence-corrected chi connectivity index (χ2v) is 7.12. The van der Waals surface area contributed by atoms with Crippen LogP contribution in [0, 0.1) is 0 Å². The standard InChI is InChI=1S/C18H16AsO5/c1-23-15-9-7-12(11-16(15)24-2)8-10-17(20)19-14-6-4-3-5-13(14)18(21)22/h3-11H,1-2H3,(H,21,22). The van der Waals surface area contributed by atoms with Crippen molar-refractivity contribution >= 4 is 36.7 Å². The number of allylic oxidation sites excluding steroid dienone is 1. The predicted octanol–water partition coefficient (Wildman–Crippen LogP) is 1.97. The van der Waals surface area contributed by atoms with Gasteiger partial charge >= 0.3 is 146 Å². The summed E-state index contributed by atoms with van der Waals surface area (Å²) in [5, 5.41) is 9.15. The normalized spacial score (nSPS) is 11.1. The van der Waals surface area contributed by atoms with Crippen molar-refractivity contribution in [2.45, 2.75) is 0 Å². The van der Waals surface area contributed by atoms with Gasteiger partial charge in [-0.2, -0.15) is 0 Å². The number of ether oxygens (including phenoxy) is 2. The molecule has 24 heavy (non-hydrogen) atoms. The van der Waals surface area contributed by atoms with Crippen molar-refractivity contribution in [3.63, 3.8) is 0 Å². The fourth-order valence-electron chi connectivity index (χ4n) is 2.03. The molecule has 0 aromatic heterocycles. The van der Waals surface area contributed by atoms with Gasteiger partial charge in [0, 0.05) is 0 Å². The molecule has 1 N–H and O–H groups in total. The maximum atomic E-state index is 12.1. The summed E-state index contributed by atoms with van der Waals surface area (Å²) in [7, 11) is 3.10. The van der Waals surface area contributed by atoms with Crippen LogP contribution in [0.3, 0.4) is 0 Å². The summed E-state index contributed by atoms with van der Waals surface area (Å²) in [5.41, 5.74) is 0.985. The monoisotopic (exact) mass is 387 g/mol. The van der Waals surface area contributed by atoms with Crippen LogP contribution in [0.15, 0.2) is 48.5 Å². The van der Waals surface area contributed by atoms with Gasteiger partial charge in [0.25, 0.3) is 0 Å². The molecule has 1 radical (unpaired) electrons. The van der Waals surface area contributed by atoms with Gasteiger partial charge in [0.05, 0.1) is 0 Å². The summed E-state index contributed by atoms with van der Waals surface area (Å²) in [6.07, 6.45) is 3.16. The number of rotatable bonds is 7. The van der Waals surface area contributed by atoms with Crippen LogP contribution >= 0.6 is 0 Å². The van der Waals surface area contributed by atoms with E-state index in [1.54, 1.807) is 50.6 Å². The van der Waals surface area contributed by atoms with E-state index in [-0.39, 0.29) is 10.1 Å². The Balaban J connectivity index is 2.13. The van der Waals surface area contributed by atoms with E-state index >= 15 is 0 Å². The summed E-state index contributed by atoms with van der Waals surface area (Å²) in [5.74, 6) is 0.178. The Morgan fingerprint density at radius 3 is 2.42 bits per heavy atom. The zero-order valence-corrected chi connectivity index (χ0v) is 15.1. The number of hydrogen-bond acceptors (Lipinski definition) is 4. The van der Waals surface area contributed by atoms with Crippen molar-refractivity contribution < 1.29 is 24.2 Å². The average Bonchev–Trinajstić information content (AvgIpc) is 2.59. The second kappa shape index (κ2) is 8.36. The first kappa shape index (κ1) is 17.8. The molecule has 0 saturated heterocycles.